The lowest BCUT2D eigenvalue weighted by molar-refractivity contribution is -0.120. The van der Waals surface area contributed by atoms with Crippen LogP contribution in [0.1, 0.15) is 12.5 Å². The molecule has 0 aromatic heterocycles. The quantitative estimate of drug-likeness (QED) is 0.833. The van der Waals surface area contributed by atoms with Crippen molar-refractivity contribution in [2.45, 2.75) is 19.9 Å². The summed E-state index contributed by atoms with van der Waals surface area (Å²) in [5.41, 5.74) is 1.85. The summed E-state index contributed by atoms with van der Waals surface area (Å²) in [6.45, 7) is 4.54. The van der Waals surface area contributed by atoms with E-state index in [1.165, 1.54) is 0 Å². The Labute approximate surface area is 113 Å². The molecule has 0 aliphatic heterocycles. The number of nitrogens with one attached hydrogen (secondary N) is 2. The number of halogens is 1. The van der Waals surface area contributed by atoms with Crippen molar-refractivity contribution in [3.63, 3.8) is 0 Å². The number of ether oxygens (including phenoxy) is 1. The fourth-order valence-corrected chi connectivity index (χ4v) is 1.86. The van der Waals surface area contributed by atoms with Crippen LogP contribution >= 0.6 is 11.6 Å². The number of anilines is 1. The van der Waals surface area contributed by atoms with Crippen LogP contribution in [-0.2, 0) is 9.53 Å². The van der Waals surface area contributed by atoms with Gasteiger partial charge in [-0.05, 0) is 31.5 Å². The first kappa shape index (κ1) is 14.8. The predicted octanol–water partition coefficient (Wildman–Crippen LogP) is 2.21. The summed E-state index contributed by atoms with van der Waals surface area (Å²) in [6.07, 6.45) is 0. The van der Waals surface area contributed by atoms with E-state index in [0.29, 0.717) is 11.6 Å². The van der Waals surface area contributed by atoms with Crippen molar-refractivity contribution in [3.05, 3.63) is 28.8 Å². The summed E-state index contributed by atoms with van der Waals surface area (Å²) in [4.78, 5) is 11.6. The van der Waals surface area contributed by atoms with Gasteiger partial charge in [0.15, 0.2) is 0 Å². The Kier molecular flexibility index (Phi) is 5.95. The SMILES string of the molecule is COC[C@@H](C)NC(=O)CNc1ccc(C)cc1Cl. The topological polar surface area (TPSA) is 50.4 Å². The molecule has 0 unspecified atom stereocenters. The van der Waals surface area contributed by atoms with E-state index in [1.807, 2.05) is 32.0 Å². The average molecular weight is 271 g/mol. The number of carbonyl (C=O) groups is 1. The van der Waals surface area contributed by atoms with Gasteiger partial charge >= 0.3 is 0 Å². The molecule has 1 aromatic carbocycles. The Hall–Kier alpha value is -1.26. The zero-order chi connectivity index (χ0) is 13.5. The second-order valence-electron chi connectivity index (χ2n) is 4.26. The van der Waals surface area contributed by atoms with Crippen LogP contribution in [0.4, 0.5) is 5.69 Å². The van der Waals surface area contributed by atoms with Crippen LogP contribution in [0.5, 0.6) is 0 Å². The second-order valence-corrected chi connectivity index (χ2v) is 4.67. The van der Waals surface area contributed by atoms with Gasteiger partial charge in [-0.25, -0.2) is 0 Å². The van der Waals surface area contributed by atoms with Gasteiger partial charge in [0, 0.05) is 13.2 Å². The summed E-state index contributed by atoms with van der Waals surface area (Å²) < 4.78 is 4.94. The third kappa shape index (κ3) is 4.94. The van der Waals surface area contributed by atoms with Gasteiger partial charge in [-0.3, -0.25) is 4.79 Å². The number of hydrogen-bond donors (Lipinski definition) is 2. The Morgan fingerprint density at radius 2 is 2.22 bits per heavy atom. The van der Waals surface area contributed by atoms with Crippen molar-refractivity contribution in [1.82, 2.24) is 5.32 Å². The van der Waals surface area contributed by atoms with Crippen molar-refractivity contribution in [2.75, 3.05) is 25.6 Å². The highest BCUT2D eigenvalue weighted by Crippen LogP contribution is 2.22. The molecule has 0 saturated heterocycles. The largest absolute Gasteiger partial charge is 0.383 e. The summed E-state index contributed by atoms with van der Waals surface area (Å²) in [5.74, 6) is -0.0869. The smallest absolute Gasteiger partial charge is 0.239 e. The van der Waals surface area contributed by atoms with E-state index < -0.39 is 0 Å². The monoisotopic (exact) mass is 270 g/mol. The molecular weight excluding hydrogens is 252 g/mol. The maximum atomic E-state index is 11.6. The fourth-order valence-electron chi connectivity index (χ4n) is 1.56. The fraction of sp³-hybridized carbons (Fsp3) is 0.462. The molecule has 0 bridgehead atoms. The molecule has 0 aliphatic carbocycles. The van der Waals surface area contributed by atoms with Crippen LogP contribution in [0.25, 0.3) is 0 Å². The Bertz CT molecular complexity index is 410. The van der Waals surface area contributed by atoms with Crippen LogP contribution in [0.2, 0.25) is 5.02 Å². The number of hydrogen-bond acceptors (Lipinski definition) is 3. The first-order chi connectivity index (χ1) is 8.52. The Balaban J connectivity index is 2.42. The first-order valence-electron chi connectivity index (χ1n) is 5.81. The molecule has 0 radical (unpaired) electrons. The summed E-state index contributed by atoms with van der Waals surface area (Å²) in [5, 5.41) is 6.43. The van der Waals surface area contributed by atoms with Gasteiger partial charge in [0.05, 0.1) is 23.9 Å². The maximum absolute atomic E-state index is 11.6. The number of benzene rings is 1. The van der Waals surface area contributed by atoms with Gasteiger partial charge in [0.2, 0.25) is 5.91 Å². The molecule has 1 amide bonds. The van der Waals surface area contributed by atoms with Crippen LogP contribution in [0, 0.1) is 6.92 Å². The predicted molar refractivity (Wildman–Crippen MR) is 74.2 cm³/mol. The maximum Gasteiger partial charge on any atom is 0.239 e. The van der Waals surface area contributed by atoms with Crippen LogP contribution in [0.15, 0.2) is 18.2 Å². The van der Waals surface area contributed by atoms with Gasteiger partial charge < -0.3 is 15.4 Å². The Morgan fingerprint density at radius 3 is 2.83 bits per heavy atom. The summed E-state index contributed by atoms with van der Waals surface area (Å²) in [7, 11) is 1.60. The third-order valence-electron chi connectivity index (χ3n) is 2.39. The van der Waals surface area contributed by atoms with E-state index in [0.717, 1.165) is 11.3 Å². The van der Waals surface area contributed by atoms with E-state index >= 15 is 0 Å². The van der Waals surface area contributed by atoms with Crippen LogP contribution in [0.3, 0.4) is 0 Å². The molecule has 4 nitrogen and oxygen atoms in total. The lowest BCUT2D eigenvalue weighted by atomic mass is 10.2. The molecule has 2 N–H and O–H groups in total. The molecule has 0 spiro atoms. The number of carbonyl (C=O) groups excluding carboxylic acids is 1. The molecule has 1 rings (SSSR count). The zero-order valence-electron chi connectivity index (χ0n) is 10.9. The number of methoxy groups -OCH3 is 1. The first-order valence-corrected chi connectivity index (χ1v) is 6.19. The minimum Gasteiger partial charge on any atom is -0.383 e. The molecule has 100 valence electrons. The van der Waals surface area contributed by atoms with E-state index in [1.54, 1.807) is 7.11 Å². The molecule has 1 aromatic rings. The molecule has 0 aliphatic rings. The van der Waals surface area contributed by atoms with Gasteiger partial charge in [0.1, 0.15) is 0 Å². The zero-order valence-corrected chi connectivity index (χ0v) is 11.7. The molecule has 18 heavy (non-hydrogen) atoms. The molecule has 1 atom stereocenters. The van der Waals surface area contributed by atoms with Crippen molar-refractivity contribution in [2.24, 2.45) is 0 Å². The third-order valence-corrected chi connectivity index (χ3v) is 2.70. The van der Waals surface area contributed by atoms with Gasteiger partial charge in [0.25, 0.3) is 0 Å². The highest BCUT2D eigenvalue weighted by Gasteiger charge is 2.07. The number of rotatable bonds is 6. The molecule has 0 heterocycles. The van der Waals surface area contributed by atoms with E-state index in [4.69, 9.17) is 16.3 Å². The molecular formula is C13H19ClN2O2. The highest BCUT2D eigenvalue weighted by molar-refractivity contribution is 6.33. The standard InChI is InChI=1S/C13H19ClN2O2/c1-9-4-5-12(11(14)6-9)15-7-13(17)16-10(2)8-18-3/h4-6,10,15H,7-8H2,1-3H3,(H,16,17)/t10-/m1/s1. The van der Waals surface area contributed by atoms with Crippen LogP contribution < -0.4 is 10.6 Å². The average Bonchev–Trinajstić information content (AvgIpc) is 2.28. The van der Waals surface area contributed by atoms with Crippen molar-refractivity contribution in [3.8, 4) is 0 Å². The Morgan fingerprint density at radius 1 is 1.50 bits per heavy atom. The highest BCUT2D eigenvalue weighted by atomic mass is 35.5. The van der Waals surface area contributed by atoms with Crippen molar-refractivity contribution >= 4 is 23.2 Å². The summed E-state index contributed by atoms with van der Waals surface area (Å²) >= 11 is 6.05. The minimum absolute atomic E-state index is 0.00205. The van der Waals surface area contributed by atoms with Crippen molar-refractivity contribution < 1.29 is 9.53 Å². The molecule has 0 saturated carbocycles. The molecule has 0 fully saturated rings. The van der Waals surface area contributed by atoms with Gasteiger partial charge in [-0.1, -0.05) is 17.7 Å². The van der Waals surface area contributed by atoms with Crippen LogP contribution in [-0.4, -0.2) is 32.2 Å². The lowest BCUT2D eigenvalue weighted by Crippen LogP contribution is -2.39. The van der Waals surface area contributed by atoms with Gasteiger partial charge in [-0.2, -0.15) is 0 Å². The summed E-state index contributed by atoms with van der Waals surface area (Å²) in [6, 6.07) is 5.66. The lowest BCUT2D eigenvalue weighted by Gasteiger charge is -2.14. The normalized spacial score (nSPS) is 12.0. The second kappa shape index (κ2) is 7.24. The minimum atomic E-state index is -0.0869. The number of amides is 1. The van der Waals surface area contributed by atoms with Crippen molar-refractivity contribution in [1.29, 1.82) is 0 Å². The van der Waals surface area contributed by atoms with Gasteiger partial charge in [-0.15, -0.1) is 0 Å². The van der Waals surface area contributed by atoms with E-state index in [9.17, 15) is 4.79 Å². The van der Waals surface area contributed by atoms with E-state index in [2.05, 4.69) is 10.6 Å². The van der Waals surface area contributed by atoms with E-state index in [-0.39, 0.29) is 18.5 Å². The molecule has 5 heteroatoms. The number of aryl methyl sites for hydroxylation is 1.